The minimum atomic E-state index is 0.228. The Hall–Kier alpha value is -2.89. The monoisotopic (exact) mass is 440 g/mol. The number of amides is 1. The molecule has 2 fully saturated rings. The molecule has 0 bridgehead atoms. The van der Waals surface area contributed by atoms with Gasteiger partial charge in [0.05, 0.1) is 29.0 Å². The number of carbonyl (C=O) groups excluding carboxylic acids is 1. The van der Waals surface area contributed by atoms with Gasteiger partial charge in [-0.15, -0.1) is 11.3 Å². The molecule has 0 saturated carbocycles. The number of fused-ring (bicyclic) bond motifs is 1. The van der Waals surface area contributed by atoms with Crippen molar-refractivity contribution in [1.82, 2.24) is 29.7 Å². The van der Waals surface area contributed by atoms with Crippen LogP contribution in [0.25, 0.3) is 21.6 Å². The van der Waals surface area contributed by atoms with E-state index in [1.807, 2.05) is 4.90 Å². The number of anilines is 2. The minimum absolute atomic E-state index is 0.228. The first-order valence-electron chi connectivity index (χ1n) is 10.3. The smallest absolute Gasteiger partial charge is 0.219 e. The number of morpholine rings is 1. The predicted molar refractivity (Wildman–Crippen MR) is 119 cm³/mol. The van der Waals surface area contributed by atoms with Gasteiger partial charge in [0.2, 0.25) is 12.4 Å². The van der Waals surface area contributed by atoms with E-state index in [1.165, 1.54) is 4.88 Å². The molecule has 2 N–H and O–H groups in total. The number of nitrogens with two attached hydrogens (primary N) is 1. The van der Waals surface area contributed by atoms with Crippen LogP contribution in [0.4, 0.5) is 11.8 Å². The average molecular weight is 441 g/mol. The maximum atomic E-state index is 11.0. The van der Waals surface area contributed by atoms with E-state index >= 15 is 0 Å². The number of hydrogen-bond donors (Lipinski definition) is 1. The zero-order valence-corrected chi connectivity index (χ0v) is 17.9. The van der Waals surface area contributed by atoms with Crippen LogP contribution in [0.2, 0.25) is 0 Å². The third kappa shape index (κ3) is 4.29. The molecule has 11 heteroatoms. The van der Waals surface area contributed by atoms with E-state index in [4.69, 9.17) is 20.4 Å². The summed E-state index contributed by atoms with van der Waals surface area (Å²) in [4.78, 5) is 36.6. The number of carbonyl (C=O) groups is 1. The molecule has 5 heterocycles. The van der Waals surface area contributed by atoms with E-state index in [0.29, 0.717) is 19.0 Å². The minimum Gasteiger partial charge on any atom is -0.378 e. The van der Waals surface area contributed by atoms with Gasteiger partial charge in [0, 0.05) is 63.1 Å². The van der Waals surface area contributed by atoms with Crippen molar-refractivity contribution in [3.8, 4) is 11.4 Å². The van der Waals surface area contributed by atoms with E-state index in [2.05, 4.69) is 25.8 Å². The molecule has 0 radical (unpaired) electrons. The number of nitrogens with zero attached hydrogens (tertiary/aromatic N) is 7. The van der Waals surface area contributed by atoms with Gasteiger partial charge in [0.1, 0.15) is 0 Å². The third-order valence-corrected chi connectivity index (χ3v) is 6.69. The van der Waals surface area contributed by atoms with Crippen molar-refractivity contribution in [2.75, 3.05) is 63.1 Å². The highest BCUT2D eigenvalue weighted by Gasteiger charge is 2.22. The molecule has 2 saturated heterocycles. The van der Waals surface area contributed by atoms with Crippen molar-refractivity contribution in [2.45, 2.75) is 6.54 Å². The fourth-order valence-electron chi connectivity index (χ4n) is 3.86. The summed E-state index contributed by atoms with van der Waals surface area (Å²) in [7, 11) is 0. The molecule has 2 aliphatic rings. The van der Waals surface area contributed by atoms with Gasteiger partial charge in [-0.05, 0) is 6.07 Å². The Morgan fingerprint density at radius 1 is 1.06 bits per heavy atom. The molecule has 1 amide bonds. The number of piperazine rings is 1. The molecule has 3 aromatic heterocycles. The SMILES string of the molecule is Nc1ncc(-c2nc(N3CCOCC3)c3sc(CN4CCN(C=O)CC4)cc3n2)cn1. The van der Waals surface area contributed by atoms with Crippen LogP contribution in [0.15, 0.2) is 18.5 Å². The summed E-state index contributed by atoms with van der Waals surface area (Å²) in [5.41, 5.74) is 7.31. The summed E-state index contributed by atoms with van der Waals surface area (Å²) >= 11 is 1.74. The molecular formula is C20H24N8O2S. The molecule has 5 rings (SSSR count). The second-order valence-corrected chi connectivity index (χ2v) is 8.78. The lowest BCUT2D eigenvalue weighted by Crippen LogP contribution is -2.44. The first-order valence-corrected chi connectivity index (χ1v) is 11.1. The normalized spacial score (nSPS) is 17.9. The number of nitrogen functional groups attached to an aromatic ring is 1. The van der Waals surface area contributed by atoms with Crippen molar-refractivity contribution in [1.29, 1.82) is 0 Å². The molecule has 3 aromatic rings. The second-order valence-electron chi connectivity index (χ2n) is 7.64. The molecule has 31 heavy (non-hydrogen) atoms. The van der Waals surface area contributed by atoms with Crippen LogP contribution in [-0.2, 0) is 16.1 Å². The van der Waals surface area contributed by atoms with Crippen molar-refractivity contribution in [3.63, 3.8) is 0 Å². The summed E-state index contributed by atoms with van der Waals surface area (Å²) in [5, 5.41) is 0. The molecule has 0 aromatic carbocycles. The molecule has 2 aliphatic heterocycles. The van der Waals surface area contributed by atoms with Gasteiger partial charge < -0.3 is 20.3 Å². The van der Waals surface area contributed by atoms with E-state index in [0.717, 1.165) is 73.8 Å². The van der Waals surface area contributed by atoms with Crippen LogP contribution < -0.4 is 10.6 Å². The average Bonchev–Trinajstić information content (AvgIpc) is 3.22. The second kappa shape index (κ2) is 8.69. The lowest BCUT2D eigenvalue weighted by molar-refractivity contribution is -0.119. The van der Waals surface area contributed by atoms with Crippen LogP contribution in [-0.4, -0.2) is 88.6 Å². The Morgan fingerprint density at radius 3 is 2.52 bits per heavy atom. The highest BCUT2D eigenvalue weighted by molar-refractivity contribution is 7.19. The van der Waals surface area contributed by atoms with E-state index in [-0.39, 0.29) is 5.95 Å². The fraction of sp³-hybridized carbons (Fsp3) is 0.450. The topological polar surface area (TPSA) is 114 Å². The van der Waals surface area contributed by atoms with Crippen molar-refractivity contribution in [2.24, 2.45) is 0 Å². The quantitative estimate of drug-likeness (QED) is 0.577. The number of aromatic nitrogens is 4. The first kappa shape index (κ1) is 20.0. The zero-order valence-electron chi connectivity index (χ0n) is 17.1. The maximum absolute atomic E-state index is 11.0. The summed E-state index contributed by atoms with van der Waals surface area (Å²) in [5.74, 6) is 1.76. The van der Waals surface area contributed by atoms with Gasteiger partial charge in [-0.25, -0.2) is 19.9 Å². The van der Waals surface area contributed by atoms with Crippen molar-refractivity contribution < 1.29 is 9.53 Å². The Morgan fingerprint density at radius 2 is 1.81 bits per heavy atom. The van der Waals surface area contributed by atoms with Crippen LogP contribution in [0.3, 0.4) is 0 Å². The standard InChI is InChI=1S/C20H24N8O2S/c21-20-22-10-14(11-23-20)18-24-16-9-15(12-26-1-3-27(13-29)4-2-26)31-17(16)19(25-18)28-5-7-30-8-6-28/h9-11,13H,1-8,12H2,(H2,21,22,23). The number of rotatable bonds is 5. The third-order valence-electron chi connectivity index (χ3n) is 5.58. The Kier molecular flexibility index (Phi) is 5.62. The maximum Gasteiger partial charge on any atom is 0.219 e. The van der Waals surface area contributed by atoms with Crippen LogP contribution in [0.5, 0.6) is 0 Å². The predicted octanol–water partition coefficient (Wildman–Crippen LogP) is 0.841. The van der Waals surface area contributed by atoms with Gasteiger partial charge in [-0.3, -0.25) is 9.69 Å². The first-order chi connectivity index (χ1) is 15.2. The molecule has 0 unspecified atom stereocenters. The Labute approximate surface area is 183 Å². The van der Waals surface area contributed by atoms with E-state index in [1.54, 1.807) is 23.7 Å². The molecule has 162 valence electrons. The highest BCUT2D eigenvalue weighted by Crippen LogP contribution is 2.35. The van der Waals surface area contributed by atoms with Crippen LogP contribution >= 0.6 is 11.3 Å². The number of ether oxygens (including phenoxy) is 1. The van der Waals surface area contributed by atoms with Crippen LogP contribution in [0, 0.1) is 0 Å². The van der Waals surface area contributed by atoms with Crippen molar-refractivity contribution >= 4 is 39.7 Å². The molecule has 10 nitrogen and oxygen atoms in total. The zero-order chi connectivity index (χ0) is 21.2. The lowest BCUT2D eigenvalue weighted by atomic mass is 10.2. The van der Waals surface area contributed by atoms with Gasteiger partial charge in [-0.2, -0.15) is 0 Å². The van der Waals surface area contributed by atoms with Crippen molar-refractivity contribution in [3.05, 3.63) is 23.3 Å². The highest BCUT2D eigenvalue weighted by atomic mass is 32.1. The molecule has 0 aliphatic carbocycles. The van der Waals surface area contributed by atoms with E-state index < -0.39 is 0 Å². The van der Waals surface area contributed by atoms with Gasteiger partial charge in [0.25, 0.3) is 0 Å². The largest absolute Gasteiger partial charge is 0.378 e. The summed E-state index contributed by atoms with van der Waals surface area (Å²) in [6, 6.07) is 2.15. The summed E-state index contributed by atoms with van der Waals surface area (Å²) in [6.07, 6.45) is 4.25. The summed E-state index contributed by atoms with van der Waals surface area (Å²) in [6.45, 7) is 7.11. The summed E-state index contributed by atoms with van der Waals surface area (Å²) < 4.78 is 6.62. The van der Waals surface area contributed by atoms with E-state index in [9.17, 15) is 4.79 Å². The Balaban J connectivity index is 1.49. The van der Waals surface area contributed by atoms with Gasteiger partial charge in [-0.1, -0.05) is 0 Å². The lowest BCUT2D eigenvalue weighted by Gasteiger charge is -2.32. The van der Waals surface area contributed by atoms with Gasteiger partial charge >= 0.3 is 0 Å². The Bertz CT molecular complexity index is 1060. The molecule has 0 spiro atoms. The number of thiophene rings is 1. The molecule has 0 atom stereocenters. The molecular weight excluding hydrogens is 416 g/mol. The fourth-order valence-corrected chi connectivity index (χ4v) is 5.02. The van der Waals surface area contributed by atoms with Gasteiger partial charge in [0.15, 0.2) is 11.6 Å². The van der Waals surface area contributed by atoms with Crippen LogP contribution in [0.1, 0.15) is 4.88 Å². The number of hydrogen-bond acceptors (Lipinski definition) is 10.